The van der Waals surface area contributed by atoms with Crippen molar-refractivity contribution in [1.82, 2.24) is 15.3 Å². The molecule has 0 saturated carbocycles. The number of hydrogen-bond donors (Lipinski definition) is 0. The van der Waals surface area contributed by atoms with Gasteiger partial charge in [0.2, 0.25) is 5.91 Å². The zero-order valence-corrected chi connectivity index (χ0v) is 9.52. The van der Waals surface area contributed by atoms with E-state index in [1.807, 2.05) is 0 Å². The first-order chi connectivity index (χ1) is 7.79. The number of nitrogens with zero attached hydrogens (tertiary/aromatic N) is 3. The second-order valence-corrected chi connectivity index (χ2v) is 4.32. The van der Waals surface area contributed by atoms with E-state index < -0.39 is 0 Å². The van der Waals surface area contributed by atoms with Crippen LogP contribution in [0.5, 0.6) is 0 Å². The molecule has 0 aromatic carbocycles. The molecule has 2 saturated heterocycles. The van der Waals surface area contributed by atoms with Gasteiger partial charge in [-0.05, 0) is 25.7 Å². The van der Waals surface area contributed by atoms with E-state index in [0.29, 0.717) is 26.1 Å². The highest BCUT2D eigenvalue weighted by molar-refractivity contribution is 5.81. The second-order valence-electron chi connectivity index (χ2n) is 4.32. The summed E-state index contributed by atoms with van der Waals surface area (Å²) in [5.41, 5.74) is 0. The third-order valence-electron chi connectivity index (χ3n) is 3.09. The Morgan fingerprint density at radius 3 is 2.50 bits per heavy atom. The normalized spacial score (nSPS) is 23.8. The molecule has 2 aliphatic rings. The maximum Gasteiger partial charge on any atom is 0.357 e. The van der Waals surface area contributed by atoms with Crippen molar-refractivity contribution in [2.24, 2.45) is 0 Å². The van der Waals surface area contributed by atoms with E-state index in [0.717, 1.165) is 32.1 Å². The van der Waals surface area contributed by atoms with Gasteiger partial charge in [-0.1, -0.05) is 6.42 Å². The Kier molecular flexibility index (Phi) is 3.64. The lowest BCUT2D eigenvalue weighted by atomic mass is 10.2. The van der Waals surface area contributed by atoms with E-state index in [2.05, 4.69) is 5.32 Å². The summed E-state index contributed by atoms with van der Waals surface area (Å²) in [6.45, 7) is 1.89. The Morgan fingerprint density at radius 2 is 1.62 bits per heavy atom. The molecule has 0 aromatic heterocycles. The maximum atomic E-state index is 11.9. The summed E-state index contributed by atoms with van der Waals surface area (Å²) in [4.78, 5) is 23.6. The van der Waals surface area contributed by atoms with Crippen molar-refractivity contribution in [3.63, 3.8) is 0 Å². The molecule has 0 atom stereocenters. The summed E-state index contributed by atoms with van der Waals surface area (Å²) in [5.74, 6) is 0.0722. The standard InChI is InChI=1S/C11H18N3O2/c15-10-6-2-1-4-8-13(10)14-9-5-3-7-12-11(14)16/h1-9H2. The smallest absolute Gasteiger partial charge is 0.273 e. The Morgan fingerprint density at radius 1 is 0.875 bits per heavy atom. The lowest BCUT2D eigenvalue weighted by molar-refractivity contribution is -0.143. The van der Waals surface area contributed by atoms with E-state index in [9.17, 15) is 9.59 Å². The number of carbonyl (C=O) groups excluding carboxylic acids is 2. The number of amides is 3. The van der Waals surface area contributed by atoms with Crippen molar-refractivity contribution < 1.29 is 9.59 Å². The van der Waals surface area contributed by atoms with Gasteiger partial charge in [0.25, 0.3) is 0 Å². The molecule has 3 amide bonds. The highest BCUT2D eigenvalue weighted by atomic mass is 16.2. The average molecular weight is 224 g/mol. The number of hydrogen-bond acceptors (Lipinski definition) is 2. The van der Waals surface area contributed by atoms with Gasteiger partial charge in [0.05, 0.1) is 0 Å². The van der Waals surface area contributed by atoms with Crippen LogP contribution in [0.3, 0.4) is 0 Å². The molecule has 0 N–H and O–H groups in total. The third-order valence-corrected chi connectivity index (χ3v) is 3.09. The minimum absolute atomic E-state index is 0.0722. The molecule has 0 bridgehead atoms. The molecular formula is C11H18N3O2. The summed E-state index contributed by atoms with van der Waals surface area (Å²) < 4.78 is 0. The van der Waals surface area contributed by atoms with Gasteiger partial charge in [-0.3, -0.25) is 9.80 Å². The molecule has 1 radical (unpaired) electrons. The number of carbonyl (C=O) groups is 2. The van der Waals surface area contributed by atoms with Crippen molar-refractivity contribution in [3.05, 3.63) is 0 Å². The topological polar surface area (TPSA) is 54.7 Å². The molecule has 2 aliphatic heterocycles. The lowest BCUT2D eigenvalue weighted by Gasteiger charge is -2.32. The molecule has 16 heavy (non-hydrogen) atoms. The SMILES string of the molecule is O=C1CCCCCN1N1CCCC[N]C1=O. The maximum absolute atomic E-state index is 11.9. The quantitative estimate of drug-likeness (QED) is 0.670. The van der Waals surface area contributed by atoms with Gasteiger partial charge in [0.1, 0.15) is 0 Å². The minimum Gasteiger partial charge on any atom is -0.273 e. The predicted molar refractivity (Wildman–Crippen MR) is 58.5 cm³/mol. The molecule has 0 spiro atoms. The summed E-state index contributed by atoms with van der Waals surface area (Å²) >= 11 is 0. The van der Waals surface area contributed by atoms with Gasteiger partial charge in [0.15, 0.2) is 0 Å². The van der Waals surface area contributed by atoms with E-state index in [4.69, 9.17) is 0 Å². The zero-order valence-electron chi connectivity index (χ0n) is 9.52. The van der Waals surface area contributed by atoms with Crippen molar-refractivity contribution in [2.45, 2.75) is 38.5 Å². The third kappa shape index (κ3) is 2.46. The second kappa shape index (κ2) is 5.18. The van der Waals surface area contributed by atoms with Crippen LogP contribution in [-0.4, -0.2) is 41.6 Å². The summed E-state index contributed by atoms with van der Waals surface area (Å²) in [7, 11) is 0. The fourth-order valence-electron chi connectivity index (χ4n) is 2.17. The van der Waals surface area contributed by atoms with Crippen LogP contribution in [0.25, 0.3) is 0 Å². The molecule has 2 fully saturated rings. The summed E-state index contributed by atoms with van der Waals surface area (Å²) in [6.07, 6.45) is 5.42. The van der Waals surface area contributed by atoms with Gasteiger partial charge in [-0.25, -0.2) is 15.1 Å². The van der Waals surface area contributed by atoms with Gasteiger partial charge in [-0.2, -0.15) is 0 Å². The number of hydrazine groups is 1. The predicted octanol–water partition coefficient (Wildman–Crippen LogP) is 1.12. The molecule has 0 unspecified atom stereocenters. The summed E-state index contributed by atoms with van der Waals surface area (Å²) in [6, 6.07) is -0.243. The monoisotopic (exact) mass is 224 g/mol. The van der Waals surface area contributed by atoms with Crippen LogP contribution in [-0.2, 0) is 4.79 Å². The Balaban J connectivity index is 2.07. The van der Waals surface area contributed by atoms with E-state index in [-0.39, 0.29) is 11.9 Å². The molecule has 2 heterocycles. The highest BCUT2D eigenvalue weighted by Gasteiger charge is 2.28. The first kappa shape index (κ1) is 11.2. The van der Waals surface area contributed by atoms with Gasteiger partial charge < -0.3 is 0 Å². The largest absolute Gasteiger partial charge is 0.357 e. The van der Waals surface area contributed by atoms with E-state index in [1.54, 1.807) is 10.0 Å². The van der Waals surface area contributed by atoms with Gasteiger partial charge >= 0.3 is 6.03 Å². The Hall–Kier alpha value is -1.26. The molecule has 5 nitrogen and oxygen atoms in total. The molecule has 2 rings (SSSR count). The fraction of sp³-hybridized carbons (Fsp3) is 0.818. The van der Waals surface area contributed by atoms with E-state index in [1.165, 1.54) is 0 Å². The molecule has 89 valence electrons. The van der Waals surface area contributed by atoms with Crippen LogP contribution in [0, 0.1) is 0 Å². The lowest BCUT2D eigenvalue weighted by Crippen LogP contribution is -2.51. The first-order valence-corrected chi connectivity index (χ1v) is 6.08. The number of urea groups is 1. The minimum atomic E-state index is -0.243. The summed E-state index contributed by atoms with van der Waals surface area (Å²) in [5, 5.41) is 7.10. The van der Waals surface area contributed by atoms with Crippen LogP contribution in [0.1, 0.15) is 38.5 Å². The highest BCUT2D eigenvalue weighted by Crippen LogP contribution is 2.15. The van der Waals surface area contributed by atoms with Gasteiger partial charge in [-0.15, -0.1) is 0 Å². The van der Waals surface area contributed by atoms with Crippen LogP contribution in [0.2, 0.25) is 0 Å². The van der Waals surface area contributed by atoms with Crippen LogP contribution < -0.4 is 5.32 Å². The first-order valence-electron chi connectivity index (χ1n) is 6.08. The fourth-order valence-corrected chi connectivity index (χ4v) is 2.17. The van der Waals surface area contributed by atoms with Crippen molar-refractivity contribution in [1.29, 1.82) is 0 Å². The Bertz CT molecular complexity index is 252. The molecule has 0 aromatic rings. The molecule has 5 heteroatoms. The zero-order chi connectivity index (χ0) is 11.4. The van der Waals surface area contributed by atoms with Crippen molar-refractivity contribution in [2.75, 3.05) is 19.6 Å². The number of rotatable bonds is 1. The van der Waals surface area contributed by atoms with Crippen LogP contribution in [0.15, 0.2) is 0 Å². The van der Waals surface area contributed by atoms with E-state index >= 15 is 0 Å². The van der Waals surface area contributed by atoms with Crippen LogP contribution in [0.4, 0.5) is 4.79 Å². The van der Waals surface area contributed by atoms with Crippen LogP contribution >= 0.6 is 0 Å². The van der Waals surface area contributed by atoms with Crippen molar-refractivity contribution in [3.8, 4) is 0 Å². The van der Waals surface area contributed by atoms with Gasteiger partial charge in [0, 0.05) is 26.1 Å². The van der Waals surface area contributed by atoms with Crippen molar-refractivity contribution >= 4 is 11.9 Å². The Labute approximate surface area is 95.7 Å². The molecule has 0 aliphatic carbocycles. The molecular weight excluding hydrogens is 206 g/mol. The average Bonchev–Trinajstić information content (AvgIpc) is 2.59.